The van der Waals surface area contributed by atoms with Gasteiger partial charge in [-0.2, -0.15) is 0 Å². The van der Waals surface area contributed by atoms with Crippen LogP contribution in [0.5, 0.6) is 0 Å². The lowest BCUT2D eigenvalue weighted by atomic mass is 10.1. The molecule has 2 aromatic rings. The lowest BCUT2D eigenvalue weighted by Crippen LogP contribution is -2.33. The molecule has 3 rings (SSSR count). The molecule has 0 bridgehead atoms. The summed E-state index contributed by atoms with van der Waals surface area (Å²) in [5.41, 5.74) is 3.55. The van der Waals surface area contributed by atoms with Crippen molar-refractivity contribution < 1.29 is 9.21 Å². The highest BCUT2D eigenvalue weighted by atomic mass is 16.3. The second-order valence-electron chi connectivity index (χ2n) is 6.19. The molecule has 5 nitrogen and oxygen atoms in total. The Hall–Kier alpha value is -2.27. The first kappa shape index (κ1) is 16.6. The van der Waals surface area contributed by atoms with Gasteiger partial charge in [0.2, 0.25) is 0 Å². The van der Waals surface area contributed by atoms with Gasteiger partial charge in [0, 0.05) is 36.9 Å². The Morgan fingerprint density at radius 2 is 2.12 bits per heavy atom. The van der Waals surface area contributed by atoms with Crippen LogP contribution in [0.2, 0.25) is 0 Å². The molecule has 0 fully saturated rings. The first-order valence-corrected chi connectivity index (χ1v) is 8.60. The van der Waals surface area contributed by atoms with Crippen molar-refractivity contribution in [2.45, 2.75) is 32.9 Å². The molecule has 1 aromatic heterocycles. The minimum Gasteiger partial charge on any atom is -0.459 e. The minimum absolute atomic E-state index is 0.145. The van der Waals surface area contributed by atoms with Gasteiger partial charge in [0.15, 0.2) is 5.76 Å². The van der Waals surface area contributed by atoms with Crippen LogP contribution in [0.3, 0.4) is 0 Å². The van der Waals surface area contributed by atoms with Crippen LogP contribution >= 0.6 is 0 Å². The summed E-state index contributed by atoms with van der Waals surface area (Å²) in [6, 6.07) is 10.8. The fraction of sp³-hybridized carbons (Fsp3) is 0.421. The lowest BCUT2D eigenvalue weighted by molar-refractivity contribution is 0.0925. The zero-order chi connectivity index (χ0) is 16.9. The molecule has 0 saturated carbocycles. The number of nitrogens with zero attached hydrogens (tertiary/aromatic N) is 1. The second kappa shape index (κ2) is 7.53. The van der Waals surface area contributed by atoms with Gasteiger partial charge in [0.1, 0.15) is 0 Å². The molecule has 0 aliphatic carbocycles. The first-order valence-electron chi connectivity index (χ1n) is 8.60. The van der Waals surface area contributed by atoms with E-state index in [2.05, 4.69) is 46.7 Å². The Kier molecular flexibility index (Phi) is 5.20. The summed E-state index contributed by atoms with van der Waals surface area (Å²) in [5, 5.41) is 6.09. The van der Waals surface area contributed by atoms with Crippen molar-refractivity contribution in [3.8, 4) is 0 Å². The fourth-order valence-corrected chi connectivity index (χ4v) is 3.23. The molecule has 24 heavy (non-hydrogen) atoms. The van der Waals surface area contributed by atoms with Crippen LogP contribution in [0, 0.1) is 0 Å². The predicted molar refractivity (Wildman–Crippen MR) is 95.4 cm³/mol. The molecule has 0 spiro atoms. The number of amides is 1. The highest BCUT2D eigenvalue weighted by molar-refractivity contribution is 5.93. The largest absolute Gasteiger partial charge is 0.459 e. The maximum Gasteiger partial charge on any atom is 0.287 e. The molecule has 1 atom stereocenters. The van der Waals surface area contributed by atoms with Crippen molar-refractivity contribution >= 4 is 11.6 Å². The maximum atomic E-state index is 12.3. The highest BCUT2D eigenvalue weighted by Gasteiger charge is 2.27. The van der Waals surface area contributed by atoms with E-state index in [1.54, 1.807) is 6.26 Å². The lowest BCUT2D eigenvalue weighted by Gasteiger charge is -2.24. The topological polar surface area (TPSA) is 57.5 Å². The van der Waals surface area contributed by atoms with Gasteiger partial charge >= 0.3 is 0 Å². The fourth-order valence-electron chi connectivity index (χ4n) is 3.23. The second-order valence-corrected chi connectivity index (χ2v) is 6.19. The number of nitrogens with one attached hydrogen (secondary N) is 2. The Morgan fingerprint density at radius 3 is 2.96 bits per heavy atom. The Bertz CT molecular complexity index is 695. The van der Waals surface area contributed by atoms with Gasteiger partial charge in [-0.3, -0.25) is 4.79 Å². The van der Waals surface area contributed by atoms with Crippen molar-refractivity contribution in [1.82, 2.24) is 10.6 Å². The van der Waals surface area contributed by atoms with Gasteiger partial charge in [0.05, 0.1) is 6.26 Å². The third kappa shape index (κ3) is 3.46. The van der Waals surface area contributed by atoms with Crippen LogP contribution in [0.25, 0.3) is 0 Å². The van der Waals surface area contributed by atoms with Crippen LogP contribution in [-0.2, 0) is 13.0 Å². The molecule has 1 aliphatic rings. The van der Waals surface area contributed by atoms with Crippen molar-refractivity contribution in [1.29, 1.82) is 0 Å². The summed E-state index contributed by atoms with van der Waals surface area (Å²) in [5.74, 6) is 0.274. The zero-order valence-electron chi connectivity index (χ0n) is 14.3. The summed E-state index contributed by atoms with van der Waals surface area (Å²) in [6.07, 6.45) is 2.64. The van der Waals surface area contributed by atoms with E-state index < -0.39 is 0 Å². The number of carbonyl (C=O) groups is 1. The number of benzene rings is 1. The Balaban J connectivity index is 1.69. The number of furan rings is 1. The molecular weight excluding hydrogens is 302 g/mol. The van der Waals surface area contributed by atoms with Gasteiger partial charge in [0.25, 0.3) is 5.91 Å². The molecule has 1 aliphatic heterocycles. The molecule has 2 N–H and O–H groups in total. The molecule has 128 valence electrons. The number of likely N-dealkylation sites (N-methyl/N-ethyl adjacent to an activating group) is 1. The van der Waals surface area contributed by atoms with Gasteiger partial charge in [-0.05, 0) is 37.6 Å². The van der Waals surface area contributed by atoms with Crippen molar-refractivity contribution in [3.05, 3.63) is 53.5 Å². The van der Waals surface area contributed by atoms with Crippen LogP contribution in [0.4, 0.5) is 5.69 Å². The van der Waals surface area contributed by atoms with E-state index in [4.69, 9.17) is 4.42 Å². The molecule has 2 heterocycles. The normalized spacial score (nSPS) is 16.2. The number of anilines is 1. The van der Waals surface area contributed by atoms with Crippen LogP contribution in [-0.4, -0.2) is 31.6 Å². The average molecular weight is 327 g/mol. The van der Waals surface area contributed by atoms with E-state index in [-0.39, 0.29) is 5.91 Å². The third-order valence-corrected chi connectivity index (χ3v) is 4.48. The smallest absolute Gasteiger partial charge is 0.287 e. The molecular formula is C19H25N3O2. The number of carbonyl (C=O) groups excluding carboxylic acids is 1. The van der Waals surface area contributed by atoms with Gasteiger partial charge in [-0.1, -0.05) is 25.1 Å². The summed E-state index contributed by atoms with van der Waals surface area (Å²) < 4.78 is 5.46. The van der Waals surface area contributed by atoms with Crippen molar-refractivity contribution in [2.24, 2.45) is 0 Å². The van der Waals surface area contributed by atoms with E-state index >= 15 is 0 Å². The van der Waals surface area contributed by atoms with E-state index in [9.17, 15) is 4.79 Å². The number of rotatable bonds is 7. The van der Waals surface area contributed by atoms with E-state index in [1.807, 2.05) is 13.0 Å². The number of para-hydroxylation sites is 1. The average Bonchev–Trinajstić information content (AvgIpc) is 3.17. The maximum absolute atomic E-state index is 12.3. The number of hydrogen-bond acceptors (Lipinski definition) is 4. The quantitative estimate of drug-likeness (QED) is 0.768. The van der Waals surface area contributed by atoms with Crippen LogP contribution < -0.4 is 15.5 Å². The Morgan fingerprint density at radius 1 is 1.29 bits per heavy atom. The third-order valence-electron chi connectivity index (χ3n) is 4.48. The molecule has 1 aromatic carbocycles. The van der Waals surface area contributed by atoms with Crippen LogP contribution in [0.15, 0.2) is 41.0 Å². The Labute approximate surface area is 143 Å². The van der Waals surface area contributed by atoms with Gasteiger partial charge < -0.3 is 20.0 Å². The molecule has 1 amide bonds. The number of fused-ring (bicyclic) bond motifs is 1. The van der Waals surface area contributed by atoms with Crippen molar-refractivity contribution in [3.63, 3.8) is 0 Å². The minimum atomic E-state index is -0.145. The monoisotopic (exact) mass is 327 g/mol. The summed E-state index contributed by atoms with van der Waals surface area (Å²) >= 11 is 0. The molecule has 0 saturated heterocycles. The van der Waals surface area contributed by atoms with E-state index in [0.717, 1.165) is 25.1 Å². The van der Waals surface area contributed by atoms with Gasteiger partial charge in [-0.15, -0.1) is 0 Å². The van der Waals surface area contributed by atoms with Crippen molar-refractivity contribution in [2.75, 3.05) is 24.5 Å². The molecule has 5 heteroatoms. The summed E-state index contributed by atoms with van der Waals surface area (Å²) in [4.78, 5) is 14.7. The zero-order valence-corrected chi connectivity index (χ0v) is 14.3. The first-order chi connectivity index (χ1) is 11.7. The molecule has 1 unspecified atom stereocenters. The number of hydrogen-bond donors (Lipinski definition) is 2. The molecule has 0 radical (unpaired) electrons. The van der Waals surface area contributed by atoms with E-state index in [1.165, 1.54) is 11.3 Å². The SMILES string of the molecule is CCNCCNC(=O)c1occc1CN1c2ccccc2CC1C. The highest BCUT2D eigenvalue weighted by Crippen LogP contribution is 2.33. The summed E-state index contributed by atoms with van der Waals surface area (Å²) in [7, 11) is 0. The van der Waals surface area contributed by atoms with Gasteiger partial charge in [-0.25, -0.2) is 0 Å². The standard InChI is InChI=1S/C19H25N3O2/c1-3-20-9-10-21-19(23)18-16(8-11-24-18)13-22-14(2)12-15-6-4-5-7-17(15)22/h4-8,11,14,20H,3,9-10,12-13H2,1-2H3,(H,21,23). The summed E-state index contributed by atoms with van der Waals surface area (Å²) in [6.45, 7) is 7.20. The van der Waals surface area contributed by atoms with Crippen LogP contribution in [0.1, 0.15) is 35.5 Å². The predicted octanol–water partition coefficient (Wildman–Crippen LogP) is 2.57. The van der Waals surface area contributed by atoms with E-state index in [0.29, 0.717) is 24.9 Å².